The molecule has 2 rings (SSSR count). The summed E-state index contributed by atoms with van der Waals surface area (Å²) < 4.78 is 16.4. The standard InChI is InChI=1S/C21H31NO5/c1-5-25-18-12-11-16(13-19(18)26-6-2)21(24)27-15(4)20(23)22-17-10-8-7-9-14(17)3/h11-15,17H,5-10H2,1-4H3,(H,22,23)/t14-,15-,17+/m0/s1. The fourth-order valence-corrected chi connectivity index (χ4v) is 3.29. The molecule has 150 valence electrons. The molecule has 1 N–H and O–H groups in total. The molecule has 0 bridgehead atoms. The zero-order valence-electron chi connectivity index (χ0n) is 16.7. The third-order valence-electron chi connectivity index (χ3n) is 4.87. The Balaban J connectivity index is 1.98. The summed E-state index contributed by atoms with van der Waals surface area (Å²) in [5.41, 5.74) is 0.326. The van der Waals surface area contributed by atoms with E-state index in [9.17, 15) is 9.59 Å². The van der Waals surface area contributed by atoms with Crippen molar-refractivity contribution in [3.8, 4) is 11.5 Å². The molecule has 6 heteroatoms. The molecule has 0 radical (unpaired) electrons. The SMILES string of the molecule is CCOc1ccc(C(=O)O[C@@H](C)C(=O)N[C@@H]2CCCC[C@@H]2C)cc1OCC. The molecule has 0 unspecified atom stereocenters. The van der Waals surface area contributed by atoms with Crippen molar-refractivity contribution in [1.82, 2.24) is 5.32 Å². The van der Waals surface area contributed by atoms with E-state index in [-0.39, 0.29) is 11.9 Å². The first-order valence-electron chi connectivity index (χ1n) is 9.87. The average Bonchev–Trinajstić information content (AvgIpc) is 2.65. The zero-order chi connectivity index (χ0) is 19.8. The van der Waals surface area contributed by atoms with Gasteiger partial charge < -0.3 is 19.5 Å². The van der Waals surface area contributed by atoms with Gasteiger partial charge >= 0.3 is 5.97 Å². The van der Waals surface area contributed by atoms with E-state index in [0.29, 0.717) is 36.2 Å². The Hall–Kier alpha value is -2.24. The van der Waals surface area contributed by atoms with Crippen LogP contribution in [0.2, 0.25) is 0 Å². The molecule has 1 aliphatic rings. The zero-order valence-corrected chi connectivity index (χ0v) is 16.7. The van der Waals surface area contributed by atoms with Crippen LogP contribution in [0.3, 0.4) is 0 Å². The molecule has 0 saturated heterocycles. The van der Waals surface area contributed by atoms with Crippen LogP contribution in [0, 0.1) is 5.92 Å². The van der Waals surface area contributed by atoms with Gasteiger partial charge in [-0.1, -0.05) is 19.8 Å². The van der Waals surface area contributed by atoms with Gasteiger partial charge in [-0.15, -0.1) is 0 Å². The van der Waals surface area contributed by atoms with E-state index in [1.807, 2.05) is 13.8 Å². The Morgan fingerprint density at radius 1 is 1.11 bits per heavy atom. The highest BCUT2D eigenvalue weighted by Crippen LogP contribution is 2.29. The molecule has 0 aliphatic heterocycles. The van der Waals surface area contributed by atoms with E-state index in [2.05, 4.69) is 12.2 Å². The lowest BCUT2D eigenvalue weighted by Gasteiger charge is -2.30. The molecule has 3 atom stereocenters. The number of hydrogen-bond donors (Lipinski definition) is 1. The normalized spacial score (nSPS) is 20.4. The van der Waals surface area contributed by atoms with Crippen LogP contribution in [0.15, 0.2) is 18.2 Å². The Morgan fingerprint density at radius 2 is 1.78 bits per heavy atom. The van der Waals surface area contributed by atoms with Crippen molar-refractivity contribution in [3.05, 3.63) is 23.8 Å². The molecular formula is C21H31NO5. The van der Waals surface area contributed by atoms with E-state index in [4.69, 9.17) is 14.2 Å². The van der Waals surface area contributed by atoms with E-state index < -0.39 is 12.1 Å². The predicted molar refractivity (Wildman–Crippen MR) is 103 cm³/mol. The first kappa shape index (κ1) is 21.1. The summed E-state index contributed by atoms with van der Waals surface area (Å²) in [6, 6.07) is 5.04. The first-order valence-corrected chi connectivity index (χ1v) is 9.87. The maximum Gasteiger partial charge on any atom is 0.339 e. The largest absolute Gasteiger partial charge is 0.490 e. The highest BCUT2D eigenvalue weighted by molar-refractivity contribution is 5.92. The molecule has 6 nitrogen and oxygen atoms in total. The van der Waals surface area contributed by atoms with Crippen LogP contribution in [0.5, 0.6) is 11.5 Å². The maximum atomic E-state index is 12.4. The Kier molecular flexibility index (Phi) is 7.95. The smallest absolute Gasteiger partial charge is 0.339 e. The summed E-state index contributed by atoms with van der Waals surface area (Å²) in [5, 5.41) is 3.02. The number of ether oxygens (including phenoxy) is 3. The van der Waals surface area contributed by atoms with Gasteiger partial charge in [0.05, 0.1) is 18.8 Å². The van der Waals surface area contributed by atoms with Gasteiger partial charge in [-0.25, -0.2) is 4.79 Å². The van der Waals surface area contributed by atoms with Gasteiger partial charge in [-0.05, 0) is 57.7 Å². The minimum absolute atomic E-state index is 0.155. The third-order valence-corrected chi connectivity index (χ3v) is 4.87. The molecule has 27 heavy (non-hydrogen) atoms. The fourth-order valence-electron chi connectivity index (χ4n) is 3.29. The van der Waals surface area contributed by atoms with Crippen molar-refractivity contribution in [3.63, 3.8) is 0 Å². The van der Waals surface area contributed by atoms with Gasteiger partial charge in [0.15, 0.2) is 17.6 Å². The van der Waals surface area contributed by atoms with E-state index in [0.717, 1.165) is 19.3 Å². The van der Waals surface area contributed by atoms with Gasteiger partial charge in [0.25, 0.3) is 5.91 Å². The number of esters is 1. The van der Waals surface area contributed by atoms with Gasteiger partial charge in [0, 0.05) is 6.04 Å². The number of benzene rings is 1. The number of rotatable bonds is 8. The van der Waals surface area contributed by atoms with Crippen molar-refractivity contribution in [2.45, 2.75) is 65.5 Å². The quantitative estimate of drug-likeness (QED) is 0.699. The van der Waals surface area contributed by atoms with E-state index in [1.165, 1.54) is 6.42 Å². The second-order valence-corrected chi connectivity index (χ2v) is 6.95. The van der Waals surface area contributed by atoms with Gasteiger partial charge in [-0.2, -0.15) is 0 Å². The lowest BCUT2D eigenvalue weighted by atomic mass is 9.86. The summed E-state index contributed by atoms with van der Waals surface area (Å²) in [6.07, 6.45) is 3.57. The molecule has 1 saturated carbocycles. The van der Waals surface area contributed by atoms with Crippen molar-refractivity contribution < 1.29 is 23.8 Å². The third kappa shape index (κ3) is 5.88. The predicted octanol–water partition coefficient (Wildman–Crippen LogP) is 3.72. The summed E-state index contributed by atoms with van der Waals surface area (Å²) in [6.45, 7) is 8.44. The minimum Gasteiger partial charge on any atom is -0.490 e. The summed E-state index contributed by atoms with van der Waals surface area (Å²) in [7, 11) is 0. The topological polar surface area (TPSA) is 73.9 Å². The molecule has 1 amide bonds. The van der Waals surface area contributed by atoms with Crippen LogP contribution >= 0.6 is 0 Å². The van der Waals surface area contributed by atoms with Crippen LogP contribution in [0.25, 0.3) is 0 Å². The van der Waals surface area contributed by atoms with Crippen LogP contribution in [-0.2, 0) is 9.53 Å². The Bertz CT molecular complexity index is 645. The fraction of sp³-hybridized carbons (Fsp3) is 0.619. The van der Waals surface area contributed by atoms with E-state index in [1.54, 1.807) is 25.1 Å². The number of hydrogen-bond acceptors (Lipinski definition) is 5. The van der Waals surface area contributed by atoms with Gasteiger partial charge in [0.1, 0.15) is 0 Å². The second-order valence-electron chi connectivity index (χ2n) is 6.95. The number of carbonyl (C=O) groups excluding carboxylic acids is 2. The van der Waals surface area contributed by atoms with Crippen LogP contribution in [0.1, 0.15) is 63.7 Å². The lowest BCUT2D eigenvalue weighted by molar-refractivity contribution is -0.130. The molecule has 1 fully saturated rings. The summed E-state index contributed by atoms with van der Waals surface area (Å²) in [4.78, 5) is 24.8. The van der Waals surface area contributed by atoms with Gasteiger partial charge in [-0.3, -0.25) is 4.79 Å². The lowest BCUT2D eigenvalue weighted by Crippen LogP contribution is -2.45. The van der Waals surface area contributed by atoms with Crippen LogP contribution < -0.4 is 14.8 Å². The number of nitrogens with one attached hydrogen (secondary N) is 1. The van der Waals surface area contributed by atoms with E-state index >= 15 is 0 Å². The highest BCUT2D eigenvalue weighted by atomic mass is 16.5. The first-order chi connectivity index (χ1) is 13.0. The van der Waals surface area contributed by atoms with Crippen molar-refractivity contribution in [2.24, 2.45) is 5.92 Å². The number of amides is 1. The molecule has 1 aromatic rings. The van der Waals surface area contributed by atoms with Crippen LogP contribution in [0.4, 0.5) is 0 Å². The summed E-state index contributed by atoms with van der Waals surface area (Å²) in [5.74, 6) is 0.705. The molecule has 1 aromatic carbocycles. The monoisotopic (exact) mass is 377 g/mol. The molecule has 0 aromatic heterocycles. The molecule has 0 spiro atoms. The highest BCUT2D eigenvalue weighted by Gasteiger charge is 2.26. The maximum absolute atomic E-state index is 12.4. The van der Waals surface area contributed by atoms with Gasteiger partial charge in [0.2, 0.25) is 0 Å². The average molecular weight is 377 g/mol. The Labute approximate surface area is 161 Å². The number of carbonyl (C=O) groups is 2. The Morgan fingerprint density at radius 3 is 2.44 bits per heavy atom. The molecular weight excluding hydrogens is 346 g/mol. The van der Waals surface area contributed by atoms with Crippen molar-refractivity contribution in [2.75, 3.05) is 13.2 Å². The van der Waals surface area contributed by atoms with Crippen molar-refractivity contribution in [1.29, 1.82) is 0 Å². The minimum atomic E-state index is -0.853. The summed E-state index contributed by atoms with van der Waals surface area (Å²) >= 11 is 0. The molecule has 1 aliphatic carbocycles. The van der Waals surface area contributed by atoms with Crippen molar-refractivity contribution >= 4 is 11.9 Å². The molecule has 0 heterocycles. The van der Waals surface area contributed by atoms with Crippen LogP contribution in [-0.4, -0.2) is 37.2 Å². The second kappa shape index (κ2) is 10.2.